The van der Waals surface area contributed by atoms with Crippen LogP contribution in [0, 0.1) is 0 Å². The molecule has 0 spiro atoms. The molecule has 0 saturated carbocycles. The van der Waals surface area contributed by atoms with Crippen LogP contribution in [0.3, 0.4) is 0 Å². The van der Waals surface area contributed by atoms with Crippen LogP contribution >= 0.6 is 0 Å². The number of hydrogen-bond donors (Lipinski definition) is 18. The highest BCUT2D eigenvalue weighted by atomic mass is 16.8. The van der Waals surface area contributed by atoms with E-state index in [1.165, 1.54) is 21.3 Å². The number of hydrogen-bond acceptors (Lipinski definition) is 35. The highest BCUT2D eigenvalue weighted by molar-refractivity contribution is 5.02. The van der Waals surface area contributed by atoms with E-state index in [4.69, 9.17) is 80.5 Å². The summed E-state index contributed by atoms with van der Waals surface area (Å²) in [6, 6.07) is 0. The van der Waals surface area contributed by atoms with Gasteiger partial charge in [-0.1, -0.05) is 0 Å². The molecule has 21 heterocycles. The van der Waals surface area contributed by atoms with Crippen LogP contribution in [0.4, 0.5) is 0 Å². The molecule has 35 nitrogen and oxygen atoms in total. The van der Waals surface area contributed by atoms with Gasteiger partial charge in [0, 0.05) is 21.3 Å². The first-order valence-corrected chi connectivity index (χ1v) is 25.8. The highest BCUT2D eigenvalue weighted by Crippen LogP contribution is 2.39. The van der Waals surface area contributed by atoms with E-state index in [1.807, 2.05) is 0 Å². The molecule has 0 aliphatic carbocycles. The van der Waals surface area contributed by atoms with Gasteiger partial charge in [0.1, 0.15) is 171 Å². The van der Waals surface area contributed by atoms with Crippen molar-refractivity contribution < 1.29 is 172 Å². The molecule has 35 atom stereocenters. The smallest absolute Gasteiger partial charge is 0.187 e. The van der Waals surface area contributed by atoms with E-state index >= 15 is 0 Å². The lowest BCUT2D eigenvalue weighted by molar-refractivity contribution is -0.398. The van der Waals surface area contributed by atoms with Gasteiger partial charge in [0.05, 0.1) is 46.2 Å². The van der Waals surface area contributed by atoms with Crippen molar-refractivity contribution in [2.45, 2.75) is 215 Å². The van der Waals surface area contributed by atoms with Crippen LogP contribution in [0.1, 0.15) is 0 Å². The predicted molar refractivity (Wildman–Crippen MR) is 243 cm³/mol. The van der Waals surface area contributed by atoms with E-state index in [-0.39, 0.29) is 6.61 Å². The number of ether oxygens (including phenoxy) is 17. The summed E-state index contributed by atoms with van der Waals surface area (Å²) in [5.74, 6) is 0. The molecule has 466 valence electrons. The fourth-order valence-corrected chi connectivity index (χ4v) is 11.0. The van der Waals surface area contributed by atoms with Gasteiger partial charge in [-0.05, 0) is 0 Å². The molecule has 21 aliphatic heterocycles. The van der Waals surface area contributed by atoms with Crippen LogP contribution in [-0.2, 0) is 80.5 Å². The Kier molecular flexibility index (Phi) is 22.6. The van der Waals surface area contributed by atoms with Gasteiger partial charge in [0.15, 0.2) is 44.0 Å². The molecule has 0 unspecified atom stereocenters. The van der Waals surface area contributed by atoms with Crippen LogP contribution in [0.2, 0.25) is 0 Å². The van der Waals surface area contributed by atoms with Gasteiger partial charge in [0.2, 0.25) is 0 Å². The van der Waals surface area contributed by atoms with E-state index in [0.29, 0.717) is 0 Å². The third-order valence-corrected chi connectivity index (χ3v) is 15.4. The first-order chi connectivity index (χ1) is 38.2. The van der Waals surface area contributed by atoms with Gasteiger partial charge in [0.25, 0.3) is 0 Å². The Morgan fingerprint density at radius 2 is 0.438 bits per heavy atom. The quantitative estimate of drug-likeness (QED) is 0.0966. The topological polar surface area (TPSA) is 521 Å². The van der Waals surface area contributed by atoms with Gasteiger partial charge >= 0.3 is 0 Å². The zero-order chi connectivity index (χ0) is 58.2. The molecule has 0 aromatic carbocycles. The summed E-state index contributed by atoms with van der Waals surface area (Å²) < 4.78 is 98.9. The molecule has 0 radical (unpaired) electrons. The Hall–Kier alpha value is -1.40. The first-order valence-electron chi connectivity index (χ1n) is 25.8. The van der Waals surface area contributed by atoms with Crippen molar-refractivity contribution >= 4 is 0 Å². The molecule has 0 aromatic heterocycles. The van der Waals surface area contributed by atoms with E-state index in [2.05, 4.69) is 0 Å². The second-order valence-corrected chi connectivity index (χ2v) is 20.3. The SMILES string of the molecule is COC[C@H]1O[C@@H]2O[C@H]3[C@H](O)[C@@H](O)[C@@H](O[C@H]4[C@H](O)[C@@H](O)[C@@H](O[C@H]5[C@H](O)[C@@H](O)[C@@H](O[C@H]6[C@H](O)[C@@H](O)[C@@H](O[C@H]7[C@H](O)[C@@H](O)[C@@H](O[C@H]8[C@H](O)[C@@H](O)[C@@H](O[C@H]1[C@H](OC)[C@H]2OC)O[C@@H]8CO)O[C@@H]7CO)O[C@@H]6CO)O[C@@H]5CO)O[C@@H]4CO)O[C@@H]3CO. The summed E-state index contributed by atoms with van der Waals surface area (Å²) in [5.41, 5.74) is 0. The molecule has 18 N–H and O–H groups in total. The highest BCUT2D eigenvalue weighted by Gasteiger charge is 2.60. The summed E-state index contributed by atoms with van der Waals surface area (Å²) in [4.78, 5) is 0. The molecule has 80 heavy (non-hydrogen) atoms. The summed E-state index contributed by atoms with van der Waals surface area (Å²) >= 11 is 0. The number of aliphatic hydroxyl groups is 18. The maximum atomic E-state index is 11.6. The zero-order valence-electron chi connectivity index (χ0n) is 43.1. The first kappa shape index (κ1) is 64.6. The monoisotopic (exact) mass is 1180 g/mol. The second kappa shape index (κ2) is 28.0. The van der Waals surface area contributed by atoms with Crippen LogP contribution < -0.4 is 0 Å². The van der Waals surface area contributed by atoms with Crippen LogP contribution in [0.15, 0.2) is 0 Å². The average molecular weight is 1180 g/mol. The number of aliphatic hydroxyl groups excluding tert-OH is 18. The Bertz CT molecular complexity index is 1880. The van der Waals surface area contributed by atoms with E-state index < -0.39 is 255 Å². The zero-order valence-corrected chi connectivity index (χ0v) is 43.1. The molecule has 21 aliphatic rings. The van der Waals surface area contributed by atoms with E-state index in [0.717, 1.165) is 0 Å². The van der Waals surface area contributed by atoms with Gasteiger partial charge in [-0.25, -0.2) is 0 Å². The molecule has 0 aromatic rings. The van der Waals surface area contributed by atoms with Crippen LogP contribution in [0.5, 0.6) is 0 Å². The lowest BCUT2D eigenvalue weighted by atomic mass is 9.95. The van der Waals surface area contributed by atoms with Crippen LogP contribution in [0.25, 0.3) is 0 Å². The minimum atomic E-state index is -2.19. The van der Waals surface area contributed by atoms with Gasteiger partial charge in [-0.15, -0.1) is 0 Å². The van der Waals surface area contributed by atoms with Crippen molar-refractivity contribution in [1.82, 2.24) is 0 Å². The van der Waals surface area contributed by atoms with Crippen molar-refractivity contribution in [1.29, 1.82) is 0 Å². The Morgan fingerprint density at radius 1 is 0.237 bits per heavy atom. The third kappa shape index (κ3) is 12.7. The Labute approximate surface area is 454 Å². The van der Waals surface area contributed by atoms with Gasteiger partial charge in [-0.3, -0.25) is 0 Å². The molecule has 21 rings (SSSR count). The maximum Gasteiger partial charge on any atom is 0.187 e. The summed E-state index contributed by atoms with van der Waals surface area (Å²) in [6.45, 7) is -6.32. The lowest BCUT2D eigenvalue weighted by Crippen LogP contribution is -2.68. The minimum absolute atomic E-state index is 0.332. The molecule has 21 fully saturated rings. The van der Waals surface area contributed by atoms with Crippen LogP contribution in [-0.4, -0.2) is 374 Å². The van der Waals surface area contributed by atoms with Gasteiger partial charge < -0.3 is 172 Å². The standard InChI is InChI=1S/C45H76O35/c1-64-10-17-36-37(65-2)38(66-3)45(73-17)79-35-16(9-51)71-43(28(62)23(35)57)77-33-14(7-49)69-41(26(60)21(33)55)75-31-12(5-47)67-39(24(58)19(31)53)74-30-11(4-46)68-40(25(59)18(30)52)76-32-13(6-48)70-42(27(61)20(32)54)78-34-15(8-50)72-44(80-36)29(63)22(34)56/h11-63H,4-10H2,1-3H3/t11-,12-,13-,14-,15-,16-,17-,18-,19-,20-,21-,22-,23-,24-,25-,26-,27-,28-,29-,30-,31-,32-,33-,34-,35-,36-,37+,38-,39-,40-,41-,42-,43-,44-,45-/m1/s1. The fraction of sp³-hybridized carbons (Fsp3) is 1.00. The number of methoxy groups -OCH3 is 3. The van der Waals surface area contributed by atoms with E-state index in [1.54, 1.807) is 0 Å². The van der Waals surface area contributed by atoms with Crippen molar-refractivity contribution in [3.8, 4) is 0 Å². The second-order valence-electron chi connectivity index (χ2n) is 20.3. The summed E-state index contributed by atoms with van der Waals surface area (Å²) in [5, 5.41) is 200. The Balaban J connectivity index is 1.10. The summed E-state index contributed by atoms with van der Waals surface area (Å²) in [7, 11) is 3.71. The Morgan fingerprint density at radius 3 is 0.637 bits per heavy atom. The fourth-order valence-electron chi connectivity index (χ4n) is 11.0. The predicted octanol–water partition coefficient (Wildman–Crippen LogP) is -13.3. The molecular formula is C45H76O35. The normalized spacial score (nSPS) is 53.7. The lowest BCUT2D eigenvalue weighted by Gasteiger charge is -2.51. The van der Waals surface area contributed by atoms with Crippen molar-refractivity contribution in [3.05, 3.63) is 0 Å². The number of rotatable bonds is 10. The van der Waals surface area contributed by atoms with E-state index in [9.17, 15) is 91.9 Å². The van der Waals surface area contributed by atoms with Crippen molar-refractivity contribution in [3.63, 3.8) is 0 Å². The van der Waals surface area contributed by atoms with Crippen molar-refractivity contribution in [2.24, 2.45) is 0 Å². The van der Waals surface area contributed by atoms with Crippen molar-refractivity contribution in [2.75, 3.05) is 67.6 Å². The molecule has 35 heteroatoms. The maximum absolute atomic E-state index is 11.6. The average Bonchev–Trinajstić information content (AvgIpc) is 3.51. The summed E-state index contributed by atoms with van der Waals surface area (Å²) in [6.07, 6.45) is -65.3. The molecule has 21 saturated heterocycles. The third-order valence-electron chi connectivity index (χ3n) is 15.4. The van der Waals surface area contributed by atoms with Gasteiger partial charge in [-0.2, -0.15) is 0 Å². The largest absolute Gasteiger partial charge is 0.394 e. The minimum Gasteiger partial charge on any atom is -0.394 e. The molecular weight excluding hydrogens is 1100 g/mol. The molecule has 14 bridgehead atoms. The molecule has 0 amide bonds.